The van der Waals surface area contributed by atoms with Gasteiger partial charge in [0.1, 0.15) is 5.01 Å². The molecule has 0 radical (unpaired) electrons. The van der Waals surface area contributed by atoms with Gasteiger partial charge in [0.15, 0.2) is 0 Å². The number of pyridine rings is 1. The molecule has 0 saturated heterocycles. The third-order valence-electron chi connectivity index (χ3n) is 4.00. The highest BCUT2D eigenvalue weighted by Gasteiger charge is 2.11. The molecule has 0 fully saturated rings. The number of nitrogens with zero attached hydrogens (tertiary/aromatic N) is 2. The summed E-state index contributed by atoms with van der Waals surface area (Å²) in [5.74, 6) is 0.299. The standard InChI is InChI=1S/C20H21N3OS/c1-15(16-7-3-2-4-8-16)13-19(24)22-12-10-17-14-25-20(23-17)18-9-5-6-11-21-18/h2-9,11,14-15H,10,12-13H2,1H3,(H,22,24). The Morgan fingerprint density at radius 1 is 1.16 bits per heavy atom. The van der Waals surface area contributed by atoms with E-state index >= 15 is 0 Å². The van der Waals surface area contributed by atoms with Crippen molar-refractivity contribution < 1.29 is 4.79 Å². The predicted octanol–water partition coefficient (Wildman–Crippen LogP) is 4.06. The van der Waals surface area contributed by atoms with Gasteiger partial charge in [-0.1, -0.05) is 43.3 Å². The SMILES string of the molecule is CC(CC(=O)NCCc1csc(-c2ccccn2)n1)c1ccccc1. The smallest absolute Gasteiger partial charge is 0.220 e. The fraction of sp³-hybridized carbons (Fsp3) is 0.250. The summed E-state index contributed by atoms with van der Waals surface area (Å²) in [6.45, 7) is 2.68. The fourth-order valence-electron chi connectivity index (χ4n) is 2.61. The Bertz CT molecular complexity index is 802. The Morgan fingerprint density at radius 3 is 2.72 bits per heavy atom. The van der Waals surface area contributed by atoms with E-state index in [0.717, 1.165) is 22.8 Å². The third kappa shape index (κ3) is 4.97. The molecule has 5 heteroatoms. The number of carbonyl (C=O) groups excluding carboxylic acids is 1. The van der Waals surface area contributed by atoms with Gasteiger partial charge >= 0.3 is 0 Å². The molecule has 0 saturated carbocycles. The molecule has 0 bridgehead atoms. The maximum Gasteiger partial charge on any atom is 0.220 e. The average molecular weight is 351 g/mol. The van der Waals surface area contributed by atoms with Crippen molar-refractivity contribution in [3.05, 3.63) is 71.4 Å². The summed E-state index contributed by atoms with van der Waals surface area (Å²) in [5.41, 5.74) is 3.07. The van der Waals surface area contributed by atoms with Crippen LogP contribution in [0.4, 0.5) is 0 Å². The first-order valence-electron chi connectivity index (χ1n) is 8.40. The van der Waals surface area contributed by atoms with Crippen molar-refractivity contribution in [1.29, 1.82) is 0 Å². The monoisotopic (exact) mass is 351 g/mol. The van der Waals surface area contributed by atoms with Gasteiger partial charge in [-0.05, 0) is 23.6 Å². The van der Waals surface area contributed by atoms with Crippen LogP contribution >= 0.6 is 11.3 Å². The first-order chi connectivity index (χ1) is 12.2. The maximum absolute atomic E-state index is 12.1. The van der Waals surface area contributed by atoms with Gasteiger partial charge in [-0.15, -0.1) is 11.3 Å². The number of benzene rings is 1. The van der Waals surface area contributed by atoms with Crippen molar-refractivity contribution in [2.45, 2.75) is 25.7 Å². The molecule has 2 heterocycles. The highest BCUT2D eigenvalue weighted by atomic mass is 32.1. The van der Waals surface area contributed by atoms with Gasteiger partial charge in [-0.3, -0.25) is 9.78 Å². The second kappa shape index (κ2) is 8.53. The lowest BCUT2D eigenvalue weighted by molar-refractivity contribution is -0.121. The second-order valence-electron chi connectivity index (χ2n) is 5.97. The zero-order valence-corrected chi connectivity index (χ0v) is 15.0. The number of thiazole rings is 1. The van der Waals surface area contributed by atoms with Crippen LogP contribution in [-0.2, 0) is 11.2 Å². The van der Waals surface area contributed by atoms with Crippen LogP contribution in [0.3, 0.4) is 0 Å². The summed E-state index contributed by atoms with van der Waals surface area (Å²) in [6, 6.07) is 15.9. The van der Waals surface area contributed by atoms with E-state index in [4.69, 9.17) is 0 Å². The van der Waals surface area contributed by atoms with Gasteiger partial charge in [0.2, 0.25) is 5.91 Å². The lowest BCUT2D eigenvalue weighted by atomic mass is 9.97. The number of carbonyl (C=O) groups is 1. The second-order valence-corrected chi connectivity index (χ2v) is 6.83. The summed E-state index contributed by atoms with van der Waals surface area (Å²) in [5, 5.41) is 5.94. The number of rotatable bonds is 7. The summed E-state index contributed by atoms with van der Waals surface area (Å²) in [6.07, 6.45) is 3.00. The molecule has 1 N–H and O–H groups in total. The first kappa shape index (κ1) is 17.3. The molecule has 0 spiro atoms. The first-order valence-corrected chi connectivity index (χ1v) is 9.28. The topological polar surface area (TPSA) is 54.9 Å². The predicted molar refractivity (Wildman–Crippen MR) is 102 cm³/mol. The molecule has 1 amide bonds. The molecule has 4 nitrogen and oxygen atoms in total. The van der Waals surface area contributed by atoms with Gasteiger partial charge < -0.3 is 5.32 Å². The molecule has 128 valence electrons. The minimum Gasteiger partial charge on any atom is -0.356 e. The van der Waals surface area contributed by atoms with Crippen LogP contribution in [0.5, 0.6) is 0 Å². The molecule has 0 aliphatic carbocycles. The Balaban J connectivity index is 1.45. The van der Waals surface area contributed by atoms with E-state index in [9.17, 15) is 4.79 Å². The van der Waals surface area contributed by atoms with Gasteiger partial charge in [-0.2, -0.15) is 0 Å². The number of nitrogens with one attached hydrogen (secondary N) is 1. The quantitative estimate of drug-likeness (QED) is 0.698. The van der Waals surface area contributed by atoms with Crippen molar-refractivity contribution in [3.8, 4) is 10.7 Å². The van der Waals surface area contributed by atoms with E-state index in [1.54, 1.807) is 17.5 Å². The molecule has 3 aromatic rings. The summed E-state index contributed by atoms with van der Waals surface area (Å²) >= 11 is 1.58. The Hall–Kier alpha value is -2.53. The van der Waals surface area contributed by atoms with E-state index < -0.39 is 0 Å². The van der Waals surface area contributed by atoms with Gasteiger partial charge in [0.25, 0.3) is 0 Å². The Labute approximate surface area is 152 Å². The third-order valence-corrected chi connectivity index (χ3v) is 4.91. The number of amides is 1. The number of aromatic nitrogens is 2. The lowest BCUT2D eigenvalue weighted by Gasteiger charge is -2.11. The fourth-order valence-corrected chi connectivity index (χ4v) is 3.44. The zero-order valence-electron chi connectivity index (χ0n) is 14.2. The Morgan fingerprint density at radius 2 is 1.96 bits per heavy atom. The van der Waals surface area contributed by atoms with E-state index in [0.29, 0.717) is 13.0 Å². The Kier molecular flexibility index (Phi) is 5.90. The van der Waals surface area contributed by atoms with Crippen LogP contribution in [0.25, 0.3) is 10.7 Å². The number of hydrogen-bond acceptors (Lipinski definition) is 4. The van der Waals surface area contributed by atoms with Gasteiger partial charge in [0, 0.05) is 31.0 Å². The van der Waals surface area contributed by atoms with Crippen LogP contribution in [0.2, 0.25) is 0 Å². The normalized spacial score (nSPS) is 11.9. The molecular formula is C20H21N3OS. The van der Waals surface area contributed by atoms with Crippen LogP contribution in [0, 0.1) is 0 Å². The van der Waals surface area contributed by atoms with Crippen molar-refractivity contribution in [1.82, 2.24) is 15.3 Å². The van der Waals surface area contributed by atoms with E-state index in [1.165, 1.54) is 5.56 Å². The molecule has 1 atom stereocenters. The largest absolute Gasteiger partial charge is 0.356 e. The summed E-state index contributed by atoms with van der Waals surface area (Å²) in [4.78, 5) is 21.0. The highest BCUT2D eigenvalue weighted by Crippen LogP contribution is 2.21. The lowest BCUT2D eigenvalue weighted by Crippen LogP contribution is -2.26. The van der Waals surface area contributed by atoms with E-state index in [2.05, 4.69) is 34.3 Å². The highest BCUT2D eigenvalue weighted by molar-refractivity contribution is 7.13. The van der Waals surface area contributed by atoms with Crippen molar-refractivity contribution in [3.63, 3.8) is 0 Å². The molecule has 1 aromatic carbocycles. The zero-order chi connectivity index (χ0) is 17.5. The minimum absolute atomic E-state index is 0.0801. The average Bonchev–Trinajstić information content (AvgIpc) is 3.12. The molecule has 3 rings (SSSR count). The van der Waals surface area contributed by atoms with Crippen LogP contribution in [0.1, 0.15) is 30.5 Å². The van der Waals surface area contributed by atoms with Crippen molar-refractivity contribution in [2.24, 2.45) is 0 Å². The van der Waals surface area contributed by atoms with Crippen LogP contribution < -0.4 is 5.32 Å². The minimum atomic E-state index is 0.0801. The molecule has 0 aliphatic rings. The maximum atomic E-state index is 12.1. The van der Waals surface area contributed by atoms with Crippen LogP contribution in [-0.4, -0.2) is 22.4 Å². The molecule has 0 aliphatic heterocycles. The molecular weight excluding hydrogens is 330 g/mol. The van der Waals surface area contributed by atoms with Crippen molar-refractivity contribution >= 4 is 17.2 Å². The van der Waals surface area contributed by atoms with Gasteiger partial charge in [-0.25, -0.2) is 4.98 Å². The van der Waals surface area contributed by atoms with Crippen LogP contribution in [0.15, 0.2) is 60.1 Å². The molecule has 25 heavy (non-hydrogen) atoms. The van der Waals surface area contributed by atoms with Gasteiger partial charge in [0.05, 0.1) is 11.4 Å². The van der Waals surface area contributed by atoms with E-state index in [1.807, 2.05) is 41.8 Å². The molecule has 1 unspecified atom stereocenters. The van der Waals surface area contributed by atoms with Crippen molar-refractivity contribution in [2.75, 3.05) is 6.54 Å². The summed E-state index contributed by atoms with van der Waals surface area (Å²) < 4.78 is 0. The summed E-state index contributed by atoms with van der Waals surface area (Å²) in [7, 11) is 0. The molecule has 2 aromatic heterocycles. The van der Waals surface area contributed by atoms with E-state index in [-0.39, 0.29) is 11.8 Å². The number of hydrogen-bond donors (Lipinski definition) is 1.